The van der Waals surface area contributed by atoms with Crippen molar-refractivity contribution in [3.63, 3.8) is 0 Å². The van der Waals surface area contributed by atoms with Gasteiger partial charge < -0.3 is 0 Å². The van der Waals surface area contributed by atoms with E-state index in [1.165, 1.54) is 35.1 Å². The zero-order valence-corrected chi connectivity index (χ0v) is 14.7. The number of nitrogens with zero attached hydrogens (tertiary/aromatic N) is 4. The van der Waals surface area contributed by atoms with E-state index < -0.39 is 0 Å². The number of benzene rings is 1. The Labute approximate surface area is 145 Å². The molecule has 1 aliphatic rings. The van der Waals surface area contributed by atoms with E-state index in [0.717, 1.165) is 32.8 Å². The van der Waals surface area contributed by atoms with Crippen LogP contribution >= 0.6 is 27.3 Å². The quantitative estimate of drug-likeness (QED) is 0.479. The van der Waals surface area contributed by atoms with Crippen LogP contribution in [0.5, 0.6) is 0 Å². The molecular formula is C17H13BrN4S. The van der Waals surface area contributed by atoms with Gasteiger partial charge in [0.15, 0.2) is 11.5 Å². The van der Waals surface area contributed by atoms with Gasteiger partial charge in [-0.05, 0) is 43.4 Å². The Morgan fingerprint density at radius 1 is 1.13 bits per heavy atom. The van der Waals surface area contributed by atoms with E-state index in [0.29, 0.717) is 0 Å². The average Bonchev–Trinajstić information content (AvgIpc) is 3.15. The summed E-state index contributed by atoms with van der Waals surface area (Å²) in [6, 6.07) is 8.05. The number of aryl methyl sites for hydroxylation is 2. The number of fused-ring (bicyclic) bond motifs is 5. The molecule has 23 heavy (non-hydrogen) atoms. The van der Waals surface area contributed by atoms with Crippen molar-refractivity contribution in [1.82, 2.24) is 19.6 Å². The Bertz CT molecular complexity index is 1050. The standard InChI is InChI=1S/C17H13BrN4S/c18-12-7-3-1-5-10(12)15-20-16-14-11-6-2-4-8-13(11)23-17(14)19-9-22(16)21-15/h1,3,5,7,9H,2,4,6,8H2. The molecule has 5 rings (SSSR count). The lowest BCUT2D eigenvalue weighted by atomic mass is 9.97. The molecule has 3 aromatic heterocycles. The van der Waals surface area contributed by atoms with Crippen LogP contribution in [0.1, 0.15) is 23.3 Å². The zero-order valence-electron chi connectivity index (χ0n) is 12.3. The highest BCUT2D eigenvalue weighted by atomic mass is 79.9. The molecule has 0 N–H and O–H groups in total. The first-order valence-electron chi connectivity index (χ1n) is 7.72. The van der Waals surface area contributed by atoms with Crippen LogP contribution in [0.25, 0.3) is 27.3 Å². The van der Waals surface area contributed by atoms with Crippen LogP contribution in [-0.4, -0.2) is 19.6 Å². The van der Waals surface area contributed by atoms with Crippen molar-refractivity contribution in [3.8, 4) is 11.4 Å². The van der Waals surface area contributed by atoms with E-state index in [1.807, 2.05) is 40.1 Å². The van der Waals surface area contributed by atoms with Gasteiger partial charge in [-0.3, -0.25) is 0 Å². The van der Waals surface area contributed by atoms with Crippen LogP contribution in [-0.2, 0) is 12.8 Å². The molecule has 0 saturated carbocycles. The average molecular weight is 385 g/mol. The Morgan fingerprint density at radius 3 is 2.91 bits per heavy atom. The summed E-state index contributed by atoms with van der Waals surface area (Å²) in [6.07, 6.45) is 6.63. The van der Waals surface area contributed by atoms with Crippen molar-refractivity contribution in [2.75, 3.05) is 0 Å². The molecule has 4 nitrogen and oxygen atoms in total. The molecule has 0 bridgehead atoms. The molecule has 0 unspecified atom stereocenters. The molecule has 0 radical (unpaired) electrons. The highest BCUT2D eigenvalue weighted by Crippen LogP contribution is 2.37. The second kappa shape index (κ2) is 5.11. The van der Waals surface area contributed by atoms with Crippen LogP contribution in [0.4, 0.5) is 0 Å². The number of rotatable bonds is 1. The van der Waals surface area contributed by atoms with Gasteiger partial charge in [-0.25, -0.2) is 14.5 Å². The molecule has 114 valence electrons. The molecule has 0 spiro atoms. The lowest BCUT2D eigenvalue weighted by Gasteiger charge is -2.09. The van der Waals surface area contributed by atoms with Gasteiger partial charge in [0.2, 0.25) is 0 Å². The molecule has 0 fully saturated rings. The first-order valence-corrected chi connectivity index (χ1v) is 9.33. The molecule has 6 heteroatoms. The van der Waals surface area contributed by atoms with Gasteiger partial charge in [0.05, 0.1) is 5.39 Å². The molecule has 4 aromatic rings. The first-order chi connectivity index (χ1) is 11.3. The minimum atomic E-state index is 0.738. The number of aromatic nitrogens is 4. The molecule has 1 aliphatic carbocycles. The van der Waals surface area contributed by atoms with Crippen LogP contribution in [0, 0.1) is 0 Å². The van der Waals surface area contributed by atoms with Gasteiger partial charge in [-0.2, -0.15) is 0 Å². The second-order valence-corrected chi connectivity index (χ2v) is 7.76. The molecule has 0 aliphatic heterocycles. The summed E-state index contributed by atoms with van der Waals surface area (Å²) < 4.78 is 2.83. The van der Waals surface area contributed by atoms with Crippen LogP contribution < -0.4 is 0 Å². The third-order valence-electron chi connectivity index (χ3n) is 4.41. The van der Waals surface area contributed by atoms with Crippen molar-refractivity contribution < 1.29 is 0 Å². The fourth-order valence-electron chi connectivity index (χ4n) is 3.31. The number of hydrogen-bond acceptors (Lipinski definition) is 4. The summed E-state index contributed by atoms with van der Waals surface area (Å²) in [6.45, 7) is 0. The van der Waals surface area contributed by atoms with Crippen molar-refractivity contribution in [3.05, 3.63) is 45.5 Å². The molecule has 0 amide bonds. The van der Waals surface area contributed by atoms with E-state index >= 15 is 0 Å². The monoisotopic (exact) mass is 384 g/mol. The lowest BCUT2D eigenvalue weighted by molar-refractivity contribution is 0.700. The van der Waals surface area contributed by atoms with E-state index in [-0.39, 0.29) is 0 Å². The summed E-state index contributed by atoms with van der Waals surface area (Å²) in [4.78, 5) is 12.0. The molecular weight excluding hydrogens is 372 g/mol. The first kappa shape index (κ1) is 13.6. The van der Waals surface area contributed by atoms with Crippen LogP contribution in [0.15, 0.2) is 35.1 Å². The van der Waals surface area contributed by atoms with Crippen LogP contribution in [0.3, 0.4) is 0 Å². The van der Waals surface area contributed by atoms with Gasteiger partial charge in [0.25, 0.3) is 0 Å². The maximum absolute atomic E-state index is 4.84. The summed E-state index contributed by atoms with van der Waals surface area (Å²) in [5, 5.41) is 5.85. The maximum atomic E-state index is 4.84. The van der Waals surface area contributed by atoms with Crippen LogP contribution in [0.2, 0.25) is 0 Å². The fraction of sp³-hybridized carbons (Fsp3) is 0.235. The molecule has 0 saturated heterocycles. The highest BCUT2D eigenvalue weighted by molar-refractivity contribution is 9.10. The van der Waals surface area contributed by atoms with Gasteiger partial charge in [0.1, 0.15) is 11.2 Å². The van der Waals surface area contributed by atoms with Crippen molar-refractivity contribution >= 4 is 43.1 Å². The smallest absolute Gasteiger partial charge is 0.183 e. The highest BCUT2D eigenvalue weighted by Gasteiger charge is 2.21. The Morgan fingerprint density at radius 2 is 2.00 bits per heavy atom. The van der Waals surface area contributed by atoms with Gasteiger partial charge >= 0.3 is 0 Å². The van der Waals surface area contributed by atoms with Crippen molar-refractivity contribution in [2.24, 2.45) is 0 Å². The summed E-state index contributed by atoms with van der Waals surface area (Å²) in [5.74, 6) is 0.738. The van der Waals surface area contributed by atoms with Gasteiger partial charge in [-0.1, -0.05) is 28.1 Å². The molecule has 0 atom stereocenters. The Balaban J connectivity index is 1.81. The fourth-order valence-corrected chi connectivity index (χ4v) is 5.00. The summed E-state index contributed by atoms with van der Waals surface area (Å²) in [5.41, 5.74) is 3.38. The normalized spacial score (nSPS) is 14.5. The van der Waals surface area contributed by atoms with E-state index in [9.17, 15) is 0 Å². The number of halogens is 1. The number of thiophene rings is 1. The largest absolute Gasteiger partial charge is 0.225 e. The van der Waals surface area contributed by atoms with Crippen molar-refractivity contribution in [2.45, 2.75) is 25.7 Å². The predicted octanol–water partition coefficient (Wildman–Crippen LogP) is 4.65. The minimum Gasteiger partial charge on any atom is -0.225 e. The number of hydrogen-bond donors (Lipinski definition) is 0. The molecule has 3 heterocycles. The zero-order chi connectivity index (χ0) is 15.4. The predicted molar refractivity (Wildman–Crippen MR) is 95.9 cm³/mol. The Kier molecular flexibility index (Phi) is 3.03. The van der Waals surface area contributed by atoms with Gasteiger partial charge in [-0.15, -0.1) is 16.4 Å². The topological polar surface area (TPSA) is 43.1 Å². The third-order valence-corrected chi connectivity index (χ3v) is 6.30. The Hall–Kier alpha value is -1.79. The summed E-state index contributed by atoms with van der Waals surface area (Å²) in [7, 11) is 0. The third kappa shape index (κ3) is 2.05. The second-order valence-electron chi connectivity index (χ2n) is 5.82. The summed E-state index contributed by atoms with van der Waals surface area (Å²) >= 11 is 5.41. The maximum Gasteiger partial charge on any atom is 0.183 e. The van der Waals surface area contributed by atoms with E-state index in [1.54, 1.807) is 6.33 Å². The van der Waals surface area contributed by atoms with E-state index in [4.69, 9.17) is 4.98 Å². The minimum absolute atomic E-state index is 0.738. The lowest BCUT2D eigenvalue weighted by Crippen LogP contribution is -1.99. The van der Waals surface area contributed by atoms with Crippen molar-refractivity contribution in [1.29, 1.82) is 0 Å². The van der Waals surface area contributed by atoms with Gasteiger partial charge in [0, 0.05) is 14.9 Å². The van der Waals surface area contributed by atoms with E-state index in [2.05, 4.69) is 26.0 Å². The molecule has 1 aromatic carbocycles. The SMILES string of the molecule is Brc1ccccc1-c1nc2c3c4c(sc3ncn2n1)CCCC4.